The molecule has 182 valence electrons. The second kappa shape index (κ2) is 12.6. The summed E-state index contributed by atoms with van der Waals surface area (Å²) in [7, 11) is -4.72. The quantitative estimate of drug-likeness (QED) is 0.163. The molecule has 0 saturated heterocycles. The Kier molecular flexibility index (Phi) is 10.2. The molecule has 2 atom stereocenters. The van der Waals surface area contributed by atoms with Gasteiger partial charge in [0, 0.05) is 6.42 Å². The number of hydrogen-bond donors (Lipinski definition) is 1. The predicted molar refractivity (Wildman–Crippen MR) is 127 cm³/mol. The number of cyclic esters (lactones) is 1. The summed E-state index contributed by atoms with van der Waals surface area (Å²) in [5.41, 5.74) is 3.57. The van der Waals surface area contributed by atoms with Crippen molar-refractivity contribution in [1.82, 2.24) is 0 Å². The Labute approximate surface area is 196 Å². The van der Waals surface area contributed by atoms with Crippen molar-refractivity contribution in [2.45, 2.75) is 72.3 Å². The number of allylic oxidation sites excluding steroid dienone is 5. The van der Waals surface area contributed by atoms with E-state index >= 15 is 0 Å². The molecule has 1 aliphatic heterocycles. The molecule has 1 aromatic heterocycles. The molecule has 0 bridgehead atoms. The Morgan fingerprint density at radius 2 is 2.06 bits per heavy atom. The molecule has 33 heavy (non-hydrogen) atoms. The Morgan fingerprint density at radius 1 is 1.30 bits per heavy atom. The third-order valence-electron chi connectivity index (χ3n) is 5.47. The van der Waals surface area contributed by atoms with Crippen LogP contribution in [0.4, 0.5) is 0 Å². The Hall–Kier alpha value is -2.58. The number of ether oxygens (including phenoxy) is 1. The van der Waals surface area contributed by atoms with Crippen LogP contribution in [-0.4, -0.2) is 25.0 Å². The largest absolute Gasteiger partial charge is 0.472 e. The number of esters is 1. The zero-order valence-electron chi connectivity index (χ0n) is 19.7. The molecule has 0 saturated carbocycles. The minimum Gasteiger partial charge on any atom is -0.472 e. The lowest BCUT2D eigenvalue weighted by molar-refractivity contribution is -0.140. The predicted octanol–water partition coefficient (Wildman–Crippen LogP) is 5.88. The standard InChI is InChI=1S/C25H34O7S/c1-18(8-5-9-19(2)11-7-13-22-14-15-30-17-22)10-6-12-20(3)16-23-24(32-33(27,28)29)21(4)25(26)31-23/h5,8-9,12,14-15,17-18,23H,6-7,10-11,13,16H2,1-4H3,(H,27,28,29). The number of aryl methyl sites for hydroxylation is 1. The van der Waals surface area contributed by atoms with E-state index < -0.39 is 22.5 Å². The lowest BCUT2D eigenvalue weighted by Crippen LogP contribution is -2.16. The van der Waals surface area contributed by atoms with Crippen LogP contribution in [-0.2, 0) is 30.5 Å². The average Bonchev–Trinajstić information content (AvgIpc) is 3.31. The second-order valence-electron chi connectivity index (χ2n) is 8.59. The zero-order chi connectivity index (χ0) is 24.4. The second-order valence-corrected chi connectivity index (χ2v) is 9.61. The molecule has 8 heteroatoms. The van der Waals surface area contributed by atoms with E-state index in [4.69, 9.17) is 13.7 Å². The summed E-state index contributed by atoms with van der Waals surface area (Å²) in [6, 6.07) is 2.00. The molecule has 0 aromatic carbocycles. The Balaban J connectivity index is 1.75. The number of hydrogen-bond acceptors (Lipinski definition) is 6. The van der Waals surface area contributed by atoms with Gasteiger partial charge >= 0.3 is 16.4 Å². The van der Waals surface area contributed by atoms with E-state index in [1.54, 1.807) is 12.5 Å². The van der Waals surface area contributed by atoms with Gasteiger partial charge in [-0.05, 0) is 70.4 Å². The van der Waals surface area contributed by atoms with Crippen LogP contribution < -0.4 is 0 Å². The fourth-order valence-electron chi connectivity index (χ4n) is 3.54. The van der Waals surface area contributed by atoms with Gasteiger partial charge in [0.25, 0.3) is 0 Å². The monoisotopic (exact) mass is 478 g/mol. The highest BCUT2D eigenvalue weighted by atomic mass is 32.3. The minimum absolute atomic E-state index is 0.0500. The van der Waals surface area contributed by atoms with Gasteiger partial charge in [0.15, 0.2) is 11.9 Å². The first kappa shape index (κ1) is 26.7. The van der Waals surface area contributed by atoms with E-state index in [0.29, 0.717) is 12.3 Å². The van der Waals surface area contributed by atoms with Gasteiger partial charge in [0.05, 0.1) is 18.1 Å². The average molecular weight is 479 g/mol. The van der Waals surface area contributed by atoms with E-state index in [0.717, 1.165) is 37.7 Å². The first-order chi connectivity index (χ1) is 15.5. The molecule has 0 amide bonds. The molecule has 2 rings (SSSR count). The summed E-state index contributed by atoms with van der Waals surface area (Å²) in [6.07, 6.45) is 16.4. The van der Waals surface area contributed by atoms with Crippen molar-refractivity contribution in [1.29, 1.82) is 0 Å². The number of rotatable bonds is 13. The molecule has 7 nitrogen and oxygen atoms in total. The molecule has 0 fully saturated rings. The molecule has 0 spiro atoms. The molecule has 2 unspecified atom stereocenters. The third-order valence-corrected chi connectivity index (χ3v) is 5.86. The van der Waals surface area contributed by atoms with Crippen LogP contribution in [0.5, 0.6) is 0 Å². The van der Waals surface area contributed by atoms with Gasteiger partial charge in [0.1, 0.15) is 0 Å². The van der Waals surface area contributed by atoms with E-state index in [1.165, 1.54) is 18.1 Å². The van der Waals surface area contributed by atoms with Crippen LogP contribution in [0.3, 0.4) is 0 Å². The molecule has 2 heterocycles. The van der Waals surface area contributed by atoms with Crippen LogP contribution in [0.25, 0.3) is 0 Å². The van der Waals surface area contributed by atoms with Gasteiger partial charge in [-0.1, -0.05) is 42.4 Å². The first-order valence-electron chi connectivity index (χ1n) is 11.1. The normalized spacial score (nSPS) is 18.8. The Morgan fingerprint density at radius 3 is 2.73 bits per heavy atom. The van der Waals surface area contributed by atoms with Crippen molar-refractivity contribution in [2.75, 3.05) is 0 Å². The maximum Gasteiger partial charge on any atom is 0.446 e. The first-order valence-corrected chi connectivity index (χ1v) is 12.5. The summed E-state index contributed by atoms with van der Waals surface area (Å²) in [5.74, 6) is -0.401. The molecule has 1 aromatic rings. The Bertz CT molecular complexity index is 1010. The van der Waals surface area contributed by atoms with Gasteiger partial charge in [-0.15, -0.1) is 0 Å². The lowest BCUT2D eigenvalue weighted by atomic mass is 10.0. The molecular weight excluding hydrogens is 444 g/mol. The smallest absolute Gasteiger partial charge is 0.446 e. The highest BCUT2D eigenvalue weighted by Gasteiger charge is 2.35. The van der Waals surface area contributed by atoms with Crippen molar-refractivity contribution < 1.29 is 31.1 Å². The van der Waals surface area contributed by atoms with E-state index in [2.05, 4.69) is 36.3 Å². The molecule has 1 N–H and O–H groups in total. The fourth-order valence-corrected chi connectivity index (χ4v) is 4.00. The van der Waals surface area contributed by atoms with Gasteiger partial charge < -0.3 is 13.3 Å². The van der Waals surface area contributed by atoms with Gasteiger partial charge in [-0.2, -0.15) is 8.42 Å². The maximum atomic E-state index is 11.8. The van der Waals surface area contributed by atoms with Gasteiger partial charge in [0.2, 0.25) is 0 Å². The third kappa shape index (κ3) is 9.84. The van der Waals surface area contributed by atoms with Crippen molar-refractivity contribution in [3.8, 4) is 0 Å². The van der Waals surface area contributed by atoms with E-state index in [1.807, 2.05) is 19.1 Å². The topological polar surface area (TPSA) is 103 Å². The van der Waals surface area contributed by atoms with Crippen LogP contribution in [0.2, 0.25) is 0 Å². The van der Waals surface area contributed by atoms with Crippen LogP contribution >= 0.6 is 0 Å². The van der Waals surface area contributed by atoms with Gasteiger partial charge in [-0.3, -0.25) is 4.55 Å². The molecule has 0 aliphatic carbocycles. The van der Waals surface area contributed by atoms with Crippen molar-refractivity contribution in [3.63, 3.8) is 0 Å². The van der Waals surface area contributed by atoms with Crippen molar-refractivity contribution in [2.24, 2.45) is 5.92 Å². The van der Waals surface area contributed by atoms with Gasteiger partial charge in [-0.25, -0.2) is 4.79 Å². The zero-order valence-corrected chi connectivity index (χ0v) is 20.6. The van der Waals surface area contributed by atoms with Crippen LogP contribution in [0.15, 0.2) is 69.8 Å². The number of furan rings is 1. The fraction of sp³-hybridized carbons (Fsp3) is 0.480. The summed E-state index contributed by atoms with van der Waals surface area (Å²) >= 11 is 0. The molecule has 0 radical (unpaired) electrons. The number of carbonyl (C=O) groups is 1. The minimum atomic E-state index is -4.72. The highest BCUT2D eigenvalue weighted by Crippen LogP contribution is 2.29. The van der Waals surface area contributed by atoms with E-state index in [-0.39, 0.29) is 11.3 Å². The summed E-state index contributed by atoms with van der Waals surface area (Å²) in [5, 5.41) is 0. The number of carbonyl (C=O) groups excluding carboxylic acids is 1. The van der Waals surface area contributed by atoms with E-state index in [9.17, 15) is 13.2 Å². The van der Waals surface area contributed by atoms with Crippen molar-refractivity contribution in [3.05, 3.63) is 70.9 Å². The van der Waals surface area contributed by atoms with Crippen LogP contribution in [0, 0.1) is 5.92 Å². The maximum absolute atomic E-state index is 11.8. The molecule has 1 aliphatic rings. The summed E-state index contributed by atoms with van der Waals surface area (Å²) < 4.78 is 45.9. The summed E-state index contributed by atoms with van der Waals surface area (Å²) in [4.78, 5) is 11.8. The van der Waals surface area contributed by atoms with Crippen LogP contribution in [0.1, 0.15) is 65.4 Å². The SMILES string of the molecule is CC(=CC=CC(C)CCC=C(C)CC1OC(=O)C(C)=C1OS(=O)(=O)O)CCCc1ccoc1. The highest BCUT2D eigenvalue weighted by molar-refractivity contribution is 7.81. The summed E-state index contributed by atoms with van der Waals surface area (Å²) in [6.45, 7) is 7.60. The lowest BCUT2D eigenvalue weighted by Gasteiger charge is -2.14. The van der Waals surface area contributed by atoms with Crippen molar-refractivity contribution >= 4 is 16.4 Å². The molecular formula is C25H34O7S.